The third kappa shape index (κ3) is 5.24. The van der Waals surface area contributed by atoms with Crippen molar-refractivity contribution < 1.29 is 14.6 Å². The van der Waals surface area contributed by atoms with Crippen molar-refractivity contribution in [2.75, 3.05) is 20.3 Å². The molecule has 4 heteroatoms. The largest absolute Gasteiger partial charge is 0.488 e. The van der Waals surface area contributed by atoms with Crippen LogP contribution in [0, 0.1) is 11.8 Å². The third-order valence-electron chi connectivity index (χ3n) is 2.85. The van der Waals surface area contributed by atoms with Crippen molar-refractivity contribution in [3.8, 4) is 17.6 Å². The Morgan fingerprint density at radius 3 is 2.67 bits per heavy atom. The molecular weight excluding hydrogens is 284 g/mol. The number of ether oxygens (including phenoxy) is 2. The molecule has 2 aromatic rings. The Labute approximate surface area is 129 Å². The second kappa shape index (κ2) is 8.48. The molecule has 0 amide bonds. The van der Waals surface area contributed by atoms with E-state index in [-0.39, 0.29) is 6.61 Å². The van der Waals surface area contributed by atoms with E-state index in [1.165, 1.54) is 5.56 Å². The molecule has 110 valence electrons. The van der Waals surface area contributed by atoms with E-state index in [0.717, 1.165) is 28.5 Å². The zero-order chi connectivity index (χ0) is 14.9. The summed E-state index contributed by atoms with van der Waals surface area (Å²) in [6, 6.07) is 12.0. The molecule has 0 aliphatic carbocycles. The van der Waals surface area contributed by atoms with Crippen molar-refractivity contribution in [3.63, 3.8) is 0 Å². The lowest BCUT2D eigenvalue weighted by atomic mass is 10.1. The van der Waals surface area contributed by atoms with E-state index in [9.17, 15) is 0 Å². The average Bonchev–Trinajstić information content (AvgIpc) is 2.98. The normalized spacial score (nSPS) is 10.0. The molecule has 2 rings (SSSR count). The highest BCUT2D eigenvalue weighted by Gasteiger charge is 2.00. The maximum atomic E-state index is 8.66. The van der Waals surface area contributed by atoms with Crippen molar-refractivity contribution in [2.45, 2.75) is 13.0 Å². The topological polar surface area (TPSA) is 38.7 Å². The summed E-state index contributed by atoms with van der Waals surface area (Å²) >= 11 is 1.58. The third-order valence-corrected chi connectivity index (χ3v) is 3.83. The van der Waals surface area contributed by atoms with Crippen LogP contribution in [0.5, 0.6) is 5.75 Å². The van der Waals surface area contributed by atoms with E-state index in [0.29, 0.717) is 6.61 Å². The predicted octanol–water partition coefficient (Wildman–Crippen LogP) is 2.86. The SMILES string of the molecule is COCCc1ccc(OCc2ccc(C#CCO)s2)cc1. The molecule has 0 saturated carbocycles. The molecule has 0 aliphatic rings. The number of benzene rings is 1. The zero-order valence-corrected chi connectivity index (χ0v) is 12.8. The van der Waals surface area contributed by atoms with Crippen molar-refractivity contribution in [1.82, 2.24) is 0 Å². The van der Waals surface area contributed by atoms with Crippen LogP contribution < -0.4 is 4.74 Å². The number of rotatable bonds is 6. The smallest absolute Gasteiger partial charge is 0.122 e. The average molecular weight is 302 g/mol. The standard InChI is InChI=1S/C17H18O3S/c1-19-12-10-14-4-6-15(7-5-14)20-13-17-9-8-16(21-17)3-2-11-18/h4-9,18H,10-13H2,1H3. The monoisotopic (exact) mass is 302 g/mol. The molecule has 0 atom stereocenters. The van der Waals surface area contributed by atoms with Crippen molar-refractivity contribution in [3.05, 3.63) is 51.7 Å². The first kappa shape index (κ1) is 15.6. The number of thiophene rings is 1. The van der Waals surface area contributed by atoms with Crippen LogP contribution in [0.15, 0.2) is 36.4 Å². The molecule has 0 radical (unpaired) electrons. The van der Waals surface area contributed by atoms with Gasteiger partial charge in [-0.15, -0.1) is 11.3 Å². The van der Waals surface area contributed by atoms with Gasteiger partial charge in [0.15, 0.2) is 0 Å². The summed E-state index contributed by atoms with van der Waals surface area (Å²) in [6.45, 7) is 1.15. The highest BCUT2D eigenvalue weighted by Crippen LogP contribution is 2.19. The molecule has 0 unspecified atom stereocenters. The summed E-state index contributed by atoms with van der Waals surface area (Å²) in [4.78, 5) is 2.05. The number of hydrogen-bond acceptors (Lipinski definition) is 4. The Balaban J connectivity index is 1.86. The fourth-order valence-electron chi connectivity index (χ4n) is 1.78. The molecule has 0 aliphatic heterocycles. The van der Waals surface area contributed by atoms with E-state index in [1.807, 2.05) is 24.3 Å². The second-order valence-corrected chi connectivity index (χ2v) is 5.57. The van der Waals surface area contributed by atoms with Gasteiger partial charge in [0.2, 0.25) is 0 Å². The van der Waals surface area contributed by atoms with Crippen LogP contribution >= 0.6 is 11.3 Å². The quantitative estimate of drug-likeness (QED) is 0.834. The first-order valence-electron chi connectivity index (χ1n) is 6.71. The summed E-state index contributed by atoms with van der Waals surface area (Å²) < 4.78 is 10.8. The second-order valence-electron chi connectivity index (χ2n) is 4.40. The van der Waals surface area contributed by atoms with Gasteiger partial charge < -0.3 is 14.6 Å². The number of methoxy groups -OCH3 is 1. The summed E-state index contributed by atoms with van der Waals surface area (Å²) in [5.74, 6) is 6.38. The highest BCUT2D eigenvalue weighted by molar-refractivity contribution is 7.12. The van der Waals surface area contributed by atoms with E-state index < -0.39 is 0 Å². The molecule has 21 heavy (non-hydrogen) atoms. The molecule has 0 bridgehead atoms. The van der Waals surface area contributed by atoms with Gasteiger partial charge in [0.1, 0.15) is 19.0 Å². The summed E-state index contributed by atoms with van der Waals surface area (Å²) in [7, 11) is 1.71. The maximum absolute atomic E-state index is 8.66. The van der Waals surface area contributed by atoms with Gasteiger partial charge in [0, 0.05) is 12.0 Å². The first-order chi connectivity index (χ1) is 10.3. The van der Waals surface area contributed by atoms with Gasteiger partial charge in [-0.3, -0.25) is 0 Å². The van der Waals surface area contributed by atoms with Crippen molar-refractivity contribution in [1.29, 1.82) is 0 Å². The fourth-order valence-corrected chi connectivity index (χ4v) is 2.57. The Bertz CT molecular complexity index is 605. The Morgan fingerprint density at radius 2 is 1.95 bits per heavy atom. The zero-order valence-electron chi connectivity index (χ0n) is 12.0. The van der Waals surface area contributed by atoms with Crippen LogP contribution in [0.25, 0.3) is 0 Å². The minimum absolute atomic E-state index is 0.112. The van der Waals surface area contributed by atoms with E-state index >= 15 is 0 Å². The van der Waals surface area contributed by atoms with E-state index in [1.54, 1.807) is 18.4 Å². The van der Waals surface area contributed by atoms with E-state index in [2.05, 4.69) is 24.0 Å². The van der Waals surface area contributed by atoms with Crippen molar-refractivity contribution in [2.24, 2.45) is 0 Å². The Morgan fingerprint density at radius 1 is 1.14 bits per heavy atom. The molecule has 0 fully saturated rings. The Hall–Kier alpha value is -1.80. The number of aliphatic hydroxyl groups excluding tert-OH is 1. The van der Waals surface area contributed by atoms with Crippen LogP contribution in [0.4, 0.5) is 0 Å². The minimum atomic E-state index is -0.112. The number of hydrogen-bond donors (Lipinski definition) is 1. The van der Waals surface area contributed by atoms with E-state index in [4.69, 9.17) is 14.6 Å². The van der Waals surface area contributed by atoms with Crippen molar-refractivity contribution >= 4 is 11.3 Å². The Kier molecular flexibility index (Phi) is 6.29. The molecule has 0 saturated heterocycles. The lowest BCUT2D eigenvalue weighted by molar-refractivity contribution is 0.202. The highest BCUT2D eigenvalue weighted by atomic mass is 32.1. The summed E-state index contributed by atoms with van der Waals surface area (Å²) in [5.41, 5.74) is 1.24. The lowest BCUT2D eigenvalue weighted by Gasteiger charge is -2.06. The molecule has 1 N–H and O–H groups in total. The maximum Gasteiger partial charge on any atom is 0.122 e. The van der Waals surface area contributed by atoms with Crippen LogP contribution in [-0.2, 0) is 17.8 Å². The van der Waals surface area contributed by atoms with Crippen LogP contribution in [-0.4, -0.2) is 25.4 Å². The summed E-state index contributed by atoms with van der Waals surface area (Å²) in [5, 5.41) is 8.66. The van der Waals surface area contributed by atoms with Gasteiger partial charge >= 0.3 is 0 Å². The molecule has 3 nitrogen and oxygen atoms in total. The van der Waals surface area contributed by atoms with Gasteiger partial charge in [-0.1, -0.05) is 24.0 Å². The molecular formula is C17H18O3S. The van der Waals surface area contributed by atoms with Crippen LogP contribution in [0.3, 0.4) is 0 Å². The first-order valence-corrected chi connectivity index (χ1v) is 7.52. The molecule has 1 aromatic carbocycles. The minimum Gasteiger partial charge on any atom is -0.488 e. The summed E-state index contributed by atoms with van der Waals surface area (Å²) in [6.07, 6.45) is 0.911. The lowest BCUT2D eigenvalue weighted by Crippen LogP contribution is -1.95. The molecule has 1 heterocycles. The van der Waals surface area contributed by atoms with Crippen LogP contribution in [0.1, 0.15) is 15.3 Å². The number of aliphatic hydroxyl groups is 1. The molecule has 1 aromatic heterocycles. The predicted molar refractivity (Wildman–Crippen MR) is 84.6 cm³/mol. The van der Waals surface area contributed by atoms with Gasteiger partial charge in [-0.25, -0.2) is 0 Å². The van der Waals surface area contributed by atoms with Gasteiger partial charge in [-0.2, -0.15) is 0 Å². The van der Waals surface area contributed by atoms with Crippen LogP contribution in [0.2, 0.25) is 0 Å². The van der Waals surface area contributed by atoms with Gasteiger partial charge in [0.05, 0.1) is 11.5 Å². The van der Waals surface area contributed by atoms with Gasteiger partial charge in [0.25, 0.3) is 0 Å². The molecule has 0 spiro atoms. The van der Waals surface area contributed by atoms with Gasteiger partial charge in [-0.05, 0) is 36.2 Å². The fraction of sp³-hybridized carbons (Fsp3) is 0.294.